The van der Waals surface area contributed by atoms with Crippen LogP contribution in [0.1, 0.15) is 12.0 Å². The molecule has 30 heavy (non-hydrogen) atoms. The third-order valence-electron chi connectivity index (χ3n) is 4.62. The predicted molar refractivity (Wildman–Crippen MR) is 113 cm³/mol. The summed E-state index contributed by atoms with van der Waals surface area (Å²) in [4.78, 5) is 50.2. The molecule has 1 unspecified atom stereocenters. The van der Waals surface area contributed by atoms with Crippen molar-refractivity contribution in [1.82, 2.24) is 10.2 Å². The maximum Gasteiger partial charge on any atom is 0.324 e. The van der Waals surface area contributed by atoms with E-state index in [1.807, 2.05) is 6.07 Å². The number of anilines is 2. The Balaban J connectivity index is 1.38. The number of nitrogens with one attached hydrogen (secondary N) is 3. The zero-order valence-electron chi connectivity index (χ0n) is 15.6. The van der Waals surface area contributed by atoms with Crippen molar-refractivity contribution in [3.05, 3.63) is 53.1 Å². The molecule has 2 aromatic rings. The van der Waals surface area contributed by atoms with Gasteiger partial charge >= 0.3 is 6.03 Å². The van der Waals surface area contributed by atoms with Crippen molar-refractivity contribution in [3.63, 3.8) is 0 Å². The van der Waals surface area contributed by atoms with Crippen molar-refractivity contribution in [3.8, 4) is 0 Å². The lowest BCUT2D eigenvalue weighted by Crippen LogP contribution is -2.32. The van der Waals surface area contributed by atoms with Crippen LogP contribution in [0, 0.1) is 0 Å². The third-order valence-corrected chi connectivity index (χ3v) is 6.13. The average molecular weight is 445 g/mol. The Labute approximate surface area is 181 Å². The Bertz CT molecular complexity index is 1040. The first-order valence-corrected chi connectivity index (χ1v) is 10.4. The van der Waals surface area contributed by atoms with E-state index in [2.05, 4.69) is 16.0 Å². The molecule has 154 valence electrons. The second-order valence-electron chi connectivity index (χ2n) is 6.83. The molecule has 0 spiro atoms. The molecule has 1 saturated heterocycles. The van der Waals surface area contributed by atoms with Gasteiger partial charge in [-0.1, -0.05) is 23.7 Å². The summed E-state index contributed by atoms with van der Waals surface area (Å²) >= 11 is 7.27. The van der Waals surface area contributed by atoms with Crippen molar-refractivity contribution in [1.29, 1.82) is 0 Å². The normalized spacial score (nSPS) is 18.0. The van der Waals surface area contributed by atoms with Crippen LogP contribution in [0.15, 0.2) is 47.4 Å². The van der Waals surface area contributed by atoms with Gasteiger partial charge < -0.3 is 16.0 Å². The van der Waals surface area contributed by atoms with Crippen LogP contribution >= 0.6 is 23.4 Å². The van der Waals surface area contributed by atoms with Gasteiger partial charge in [-0.15, -0.1) is 11.8 Å². The number of halogens is 1. The summed E-state index contributed by atoms with van der Waals surface area (Å²) in [6.45, 7) is 0.111. The lowest BCUT2D eigenvalue weighted by molar-refractivity contribution is -0.125. The number of carbonyl (C=O) groups is 4. The Morgan fingerprint density at radius 2 is 2.03 bits per heavy atom. The second kappa shape index (κ2) is 8.37. The van der Waals surface area contributed by atoms with E-state index in [0.717, 1.165) is 9.80 Å². The topological polar surface area (TPSA) is 108 Å². The molecule has 1 fully saturated rings. The average Bonchev–Trinajstić information content (AvgIpc) is 3.01. The summed E-state index contributed by atoms with van der Waals surface area (Å²) in [6.07, 6.45) is -0.00416. The molecule has 5 amide bonds. The molecule has 10 heteroatoms. The first-order chi connectivity index (χ1) is 14.4. The van der Waals surface area contributed by atoms with Gasteiger partial charge in [0.25, 0.3) is 0 Å². The zero-order valence-corrected chi connectivity index (χ0v) is 17.2. The highest BCUT2D eigenvalue weighted by Gasteiger charge is 2.30. The van der Waals surface area contributed by atoms with Crippen LogP contribution in [0.3, 0.4) is 0 Å². The predicted octanol–water partition coefficient (Wildman–Crippen LogP) is 2.83. The number of benzene rings is 2. The molecular weight excluding hydrogens is 428 g/mol. The second-order valence-corrected chi connectivity index (χ2v) is 8.51. The molecule has 0 aromatic heterocycles. The zero-order chi connectivity index (χ0) is 21.3. The Kier molecular flexibility index (Phi) is 5.65. The van der Waals surface area contributed by atoms with E-state index in [0.29, 0.717) is 22.0 Å². The summed E-state index contributed by atoms with van der Waals surface area (Å²) in [5, 5.41) is 7.98. The molecule has 0 saturated carbocycles. The number of imide groups is 1. The van der Waals surface area contributed by atoms with Gasteiger partial charge in [-0.2, -0.15) is 0 Å². The van der Waals surface area contributed by atoms with Gasteiger partial charge in [-0.25, -0.2) is 4.79 Å². The van der Waals surface area contributed by atoms with Crippen molar-refractivity contribution < 1.29 is 19.2 Å². The minimum atomic E-state index is -0.562. The minimum Gasteiger partial charge on any atom is -0.329 e. The largest absolute Gasteiger partial charge is 0.329 e. The van der Waals surface area contributed by atoms with Crippen LogP contribution in [-0.2, 0) is 20.9 Å². The van der Waals surface area contributed by atoms with E-state index in [1.165, 1.54) is 11.8 Å². The SMILES string of the molecule is O=C(CC1Sc2ccc(Cl)cc2NC1=O)Nc1cccc(CN2C(=O)CNC2=O)c1. The smallest absolute Gasteiger partial charge is 0.324 e. The molecule has 4 rings (SSSR count). The van der Waals surface area contributed by atoms with Crippen LogP contribution in [-0.4, -0.2) is 40.4 Å². The summed E-state index contributed by atoms with van der Waals surface area (Å²) < 4.78 is 0. The van der Waals surface area contributed by atoms with Gasteiger partial charge in [0.2, 0.25) is 17.7 Å². The molecule has 2 aromatic carbocycles. The highest BCUT2D eigenvalue weighted by Crippen LogP contribution is 2.38. The monoisotopic (exact) mass is 444 g/mol. The summed E-state index contributed by atoms with van der Waals surface area (Å²) in [5.74, 6) is -0.860. The Hall–Kier alpha value is -3.04. The van der Waals surface area contributed by atoms with Gasteiger partial charge in [0, 0.05) is 22.0 Å². The van der Waals surface area contributed by atoms with E-state index < -0.39 is 11.3 Å². The molecule has 3 N–H and O–H groups in total. The van der Waals surface area contributed by atoms with Crippen LogP contribution in [0.5, 0.6) is 0 Å². The maximum absolute atomic E-state index is 12.5. The molecule has 2 aliphatic heterocycles. The molecule has 0 bridgehead atoms. The van der Waals surface area contributed by atoms with Crippen molar-refractivity contribution >= 4 is 58.5 Å². The van der Waals surface area contributed by atoms with Gasteiger partial charge in [0.05, 0.1) is 24.0 Å². The number of rotatable bonds is 5. The fourth-order valence-corrected chi connectivity index (χ4v) is 4.45. The van der Waals surface area contributed by atoms with E-state index in [1.54, 1.807) is 36.4 Å². The van der Waals surface area contributed by atoms with Crippen molar-refractivity contribution in [2.45, 2.75) is 23.1 Å². The quantitative estimate of drug-likeness (QED) is 0.614. The van der Waals surface area contributed by atoms with Crippen LogP contribution in [0.4, 0.5) is 16.2 Å². The molecule has 8 nitrogen and oxygen atoms in total. The Morgan fingerprint density at radius 3 is 2.80 bits per heavy atom. The third kappa shape index (κ3) is 4.42. The minimum absolute atomic E-state index is 0.00416. The molecular formula is C20H17ClN4O4S. The van der Waals surface area contributed by atoms with E-state index >= 15 is 0 Å². The fourth-order valence-electron chi connectivity index (χ4n) is 3.18. The van der Waals surface area contributed by atoms with Gasteiger partial charge in [0.15, 0.2) is 0 Å². The number of urea groups is 1. The lowest BCUT2D eigenvalue weighted by atomic mass is 10.1. The molecule has 1 atom stereocenters. The Morgan fingerprint density at radius 1 is 1.20 bits per heavy atom. The number of thioether (sulfide) groups is 1. The van der Waals surface area contributed by atoms with Crippen LogP contribution in [0.25, 0.3) is 0 Å². The molecule has 2 aliphatic rings. The molecule has 0 aliphatic carbocycles. The van der Waals surface area contributed by atoms with Gasteiger partial charge in [-0.3, -0.25) is 19.3 Å². The highest BCUT2D eigenvalue weighted by atomic mass is 35.5. The highest BCUT2D eigenvalue weighted by molar-refractivity contribution is 8.01. The first-order valence-electron chi connectivity index (χ1n) is 9.13. The summed E-state index contributed by atoms with van der Waals surface area (Å²) in [7, 11) is 0. The summed E-state index contributed by atoms with van der Waals surface area (Å²) in [5.41, 5.74) is 1.87. The lowest BCUT2D eigenvalue weighted by Gasteiger charge is -2.23. The van der Waals surface area contributed by atoms with E-state index in [-0.39, 0.29) is 37.2 Å². The number of amides is 5. The van der Waals surface area contributed by atoms with Gasteiger partial charge in [-0.05, 0) is 35.9 Å². The summed E-state index contributed by atoms with van der Waals surface area (Å²) in [6, 6.07) is 11.7. The van der Waals surface area contributed by atoms with Crippen molar-refractivity contribution in [2.75, 3.05) is 17.2 Å². The number of carbonyl (C=O) groups excluding carboxylic acids is 4. The first kappa shape index (κ1) is 20.2. The molecule has 0 radical (unpaired) electrons. The number of nitrogens with zero attached hydrogens (tertiary/aromatic N) is 1. The standard InChI is InChI=1S/C20H17ClN4O4S/c21-12-4-5-15-14(7-12)24-19(28)16(30-15)8-17(26)23-13-3-1-2-11(6-13)10-25-18(27)9-22-20(25)29/h1-7,16H,8-10H2,(H,22,29)(H,23,26)(H,24,28). The van der Waals surface area contributed by atoms with Crippen LogP contribution < -0.4 is 16.0 Å². The van der Waals surface area contributed by atoms with Crippen LogP contribution in [0.2, 0.25) is 5.02 Å². The number of fused-ring (bicyclic) bond motifs is 1. The molecule has 2 heterocycles. The maximum atomic E-state index is 12.5. The van der Waals surface area contributed by atoms with Crippen molar-refractivity contribution in [2.24, 2.45) is 0 Å². The van der Waals surface area contributed by atoms with E-state index in [9.17, 15) is 19.2 Å². The fraction of sp³-hybridized carbons (Fsp3) is 0.200. The number of hydrogen-bond acceptors (Lipinski definition) is 5. The van der Waals surface area contributed by atoms with E-state index in [4.69, 9.17) is 11.6 Å². The van der Waals surface area contributed by atoms with Gasteiger partial charge in [0.1, 0.15) is 0 Å². The number of hydrogen-bond donors (Lipinski definition) is 3.